The maximum Gasteiger partial charge on any atom is 0.272 e. The van der Waals surface area contributed by atoms with Crippen molar-refractivity contribution in [2.75, 3.05) is 6.54 Å². The van der Waals surface area contributed by atoms with Gasteiger partial charge in [0.25, 0.3) is 5.91 Å². The molecule has 1 aliphatic rings. The molecular formula is C17H22BrClN4O. The van der Waals surface area contributed by atoms with Crippen LogP contribution in [0.5, 0.6) is 0 Å². The van der Waals surface area contributed by atoms with E-state index in [4.69, 9.17) is 5.73 Å². The van der Waals surface area contributed by atoms with E-state index in [0.717, 1.165) is 29.4 Å². The number of nitrogens with zero attached hydrogens (tertiary/aromatic N) is 2. The van der Waals surface area contributed by atoms with Gasteiger partial charge in [0.05, 0.1) is 5.69 Å². The second-order valence-corrected chi connectivity index (χ2v) is 6.90. The molecule has 1 heterocycles. The molecule has 0 spiro atoms. The van der Waals surface area contributed by atoms with Crippen molar-refractivity contribution in [2.24, 2.45) is 11.7 Å². The molecular weight excluding hydrogens is 392 g/mol. The van der Waals surface area contributed by atoms with E-state index in [-0.39, 0.29) is 24.4 Å². The lowest BCUT2D eigenvalue weighted by atomic mass is 9.84. The summed E-state index contributed by atoms with van der Waals surface area (Å²) < 4.78 is 2.69. The van der Waals surface area contributed by atoms with Crippen molar-refractivity contribution in [2.45, 2.75) is 31.7 Å². The third-order valence-electron chi connectivity index (χ3n) is 4.42. The summed E-state index contributed by atoms with van der Waals surface area (Å²) in [6, 6.07) is 9.71. The topological polar surface area (TPSA) is 72.9 Å². The van der Waals surface area contributed by atoms with Crippen molar-refractivity contribution in [3.63, 3.8) is 0 Å². The van der Waals surface area contributed by atoms with E-state index in [2.05, 4.69) is 26.3 Å². The molecule has 2 atom stereocenters. The first-order valence-electron chi connectivity index (χ1n) is 8.00. The third-order valence-corrected chi connectivity index (χ3v) is 4.92. The number of nitrogens with two attached hydrogens (primary N) is 1. The van der Waals surface area contributed by atoms with Crippen molar-refractivity contribution in [3.8, 4) is 5.69 Å². The summed E-state index contributed by atoms with van der Waals surface area (Å²) in [6.07, 6.45) is 6.24. The lowest BCUT2D eigenvalue weighted by molar-refractivity contribution is 0.0902. The number of benzene rings is 1. The molecule has 5 nitrogen and oxygen atoms in total. The average Bonchev–Trinajstić information content (AvgIpc) is 3.05. The van der Waals surface area contributed by atoms with Gasteiger partial charge in [-0.15, -0.1) is 12.4 Å². The van der Waals surface area contributed by atoms with Gasteiger partial charge in [0.15, 0.2) is 5.69 Å². The molecule has 2 aromatic rings. The van der Waals surface area contributed by atoms with Crippen LogP contribution in [-0.4, -0.2) is 28.3 Å². The lowest BCUT2D eigenvalue weighted by Gasteiger charge is -2.31. The van der Waals surface area contributed by atoms with E-state index in [1.54, 1.807) is 16.9 Å². The van der Waals surface area contributed by atoms with Gasteiger partial charge in [-0.1, -0.05) is 34.8 Å². The smallest absolute Gasteiger partial charge is 0.272 e. The zero-order chi connectivity index (χ0) is 16.2. The fraction of sp³-hybridized carbons (Fsp3) is 0.412. The second kappa shape index (κ2) is 8.65. The normalized spacial score (nSPS) is 20.2. The quantitative estimate of drug-likeness (QED) is 0.807. The van der Waals surface area contributed by atoms with Crippen molar-refractivity contribution in [1.29, 1.82) is 0 Å². The number of carbonyl (C=O) groups is 1. The Labute approximate surface area is 156 Å². The Bertz CT molecular complexity index is 691. The molecule has 1 fully saturated rings. The van der Waals surface area contributed by atoms with Gasteiger partial charge >= 0.3 is 0 Å². The standard InChI is InChI=1S/C17H21BrN4O.ClH/c18-13-5-3-6-14(10-13)22-9-8-16(21-22)17(23)20-15-7-2-1-4-12(15)11-19;/h3,5-6,8-10,12,15H,1-2,4,7,11,19H2,(H,20,23);1H. The van der Waals surface area contributed by atoms with Crippen molar-refractivity contribution < 1.29 is 4.79 Å². The van der Waals surface area contributed by atoms with Crippen LogP contribution in [0.2, 0.25) is 0 Å². The summed E-state index contributed by atoms with van der Waals surface area (Å²) in [4.78, 5) is 12.4. The molecule has 3 N–H and O–H groups in total. The minimum Gasteiger partial charge on any atom is -0.348 e. The summed E-state index contributed by atoms with van der Waals surface area (Å²) in [6.45, 7) is 0.622. The van der Waals surface area contributed by atoms with Crippen LogP contribution in [0.25, 0.3) is 5.69 Å². The average molecular weight is 414 g/mol. The molecule has 0 radical (unpaired) electrons. The molecule has 1 aromatic heterocycles. The summed E-state index contributed by atoms with van der Waals surface area (Å²) in [5.74, 6) is 0.254. The molecule has 0 bridgehead atoms. The highest BCUT2D eigenvalue weighted by Crippen LogP contribution is 2.23. The number of halogens is 2. The highest BCUT2D eigenvalue weighted by atomic mass is 79.9. The largest absolute Gasteiger partial charge is 0.348 e. The number of carbonyl (C=O) groups excluding carboxylic acids is 1. The summed E-state index contributed by atoms with van der Waals surface area (Å²) in [5.41, 5.74) is 7.18. The predicted octanol–water partition coefficient (Wildman–Crippen LogP) is 3.30. The van der Waals surface area contributed by atoms with E-state index < -0.39 is 0 Å². The van der Waals surface area contributed by atoms with Crippen LogP contribution in [0.1, 0.15) is 36.2 Å². The van der Waals surface area contributed by atoms with Gasteiger partial charge in [-0.3, -0.25) is 4.79 Å². The molecule has 130 valence electrons. The third kappa shape index (κ3) is 4.37. The van der Waals surface area contributed by atoms with E-state index in [0.29, 0.717) is 18.2 Å². The van der Waals surface area contributed by atoms with Crippen LogP contribution in [0.3, 0.4) is 0 Å². The Kier molecular flexibility index (Phi) is 6.83. The predicted molar refractivity (Wildman–Crippen MR) is 101 cm³/mol. The first-order chi connectivity index (χ1) is 11.2. The van der Waals surface area contributed by atoms with Gasteiger partial charge in [0.1, 0.15) is 0 Å². The molecule has 24 heavy (non-hydrogen) atoms. The van der Waals surface area contributed by atoms with E-state index in [1.165, 1.54) is 6.42 Å². The Morgan fingerprint density at radius 2 is 2.12 bits per heavy atom. The minimum absolute atomic E-state index is 0. The van der Waals surface area contributed by atoms with E-state index in [9.17, 15) is 4.79 Å². The van der Waals surface area contributed by atoms with Crippen LogP contribution in [0, 0.1) is 5.92 Å². The van der Waals surface area contributed by atoms with Crippen molar-refractivity contribution in [1.82, 2.24) is 15.1 Å². The Morgan fingerprint density at radius 1 is 1.33 bits per heavy atom. The Morgan fingerprint density at radius 3 is 2.88 bits per heavy atom. The van der Waals surface area contributed by atoms with Gasteiger partial charge in [-0.25, -0.2) is 4.68 Å². The van der Waals surface area contributed by atoms with Gasteiger partial charge in [-0.05, 0) is 49.6 Å². The number of aromatic nitrogens is 2. The van der Waals surface area contributed by atoms with Crippen LogP contribution in [0.15, 0.2) is 41.0 Å². The Balaban J connectivity index is 0.00000208. The molecule has 2 unspecified atom stereocenters. The Hall–Kier alpha value is -1.37. The lowest BCUT2D eigenvalue weighted by Crippen LogP contribution is -2.44. The first-order valence-corrected chi connectivity index (χ1v) is 8.79. The van der Waals surface area contributed by atoms with E-state index in [1.807, 2.05) is 24.3 Å². The molecule has 1 aromatic carbocycles. The molecule has 1 aliphatic carbocycles. The van der Waals surface area contributed by atoms with Crippen LogP contribution in [0.4, 0.5) is 0 Å². The number of amides is 1. The maximum atomic E-state index is 12.4. The second-order valence-electron chi connectivity index (χ2n) is 5.99. The molecule has 1 saturated carbocycles. The minimum atomic E-state index is -0.121. The van der Waals surface area contributed by atoms with Crippen LogP contribution >= 0.6 is 28.3 Å². The van der Waals surface area contributed by atoms with Gasteiger partial charge in [-0.2, -0.15) is 5.10 Å². The molecule has 3 rings (SSSR count). The van der Waals surface area contributed by atoms with E-state index >= 15 is 0 Å². The number of hydrogen-bond acceptors (Lipinski definition) is 3. The van der Waals surface area contributed by atoms with Gasteiger partial charge in [0.2, 0.25) is 0 Å². The van der Waals surface area contributed by atoms with Gasteiger partial charge < -0.3 is 11.1 Å². The zero-order valence-corrected chi connectivity index (χ0v) is 15.7. The highest BCUT2D eigenvalue weighted by Gasteiger charge is 2.26. The molecule has 1 amide bonds. The molecule has 0 aliphatic heterocycles. The van der Waals surface area contributed by atoms with Crippen molar-refractivity contribution in [3.05, 3.63) is 46.7 Å². The SMILES string of the molecule is Cl.NCC1CCCCC1NC(=O)c1ccn(-c2cccc(Br)c2)n1. The summed E-state index contributed by atoms with van der Waals surface area (Å²) in [7, 11) is 0. The fourth-order valence-corrected chi connectivity index (χ4v) is 3.52. The molecule has 7 heteroatoms. The number of hydrogen-bond donors (Lipinski definition) is 2. The monoisotopic (exact) mass is 412 g/mol. The summed E-state index contributed by atoms with van der Waals surface area (Å²) >= 11 is 3.44. The summed E-state index contributed by atoms with van der Waals surface area (Å²) in [5, 5.41) is 7.50. The van der Waals surface area contributed by atoms with Crippen LogP contribution < -0.4 is 11.1 Å². The first kappa shape index (κ1) is 19.0. The van der Waals surface area contributed by atoms with Crippen LogP contribution in [-0.2, 0) is 0 Å². The van der Waals surface area contributed by atoms with Crippen molar-refractivity contribution >= 4 is 34.2 Å². The maximum absolute atomic E-state index is 12.4. The fourth-order valence-electron chi connectivity index (χ4n) is 3.13. The molecule has 0 saturated heterocycles. The zero-order valence-electron chi connectivity index (χ0n) is 13.3. The highest BCUT2D eigenvalue weighted by molar-refractivity contribution is 9.10. The number of nitrogens with one attached hydrogen (secondary N) is 1. The van der Waals surface area contributed by atoms with Gasteiger partial charge in [0, 0.05) is 16.7 Å². The number of rotatable bonds is 4.